The summed E-state index contributed by atoms with van der Waals surface area (Å²) in [6.45, 7) is 4.02. The topological polar surface area (TPSA) is 70.4 Å². The van der Waals surface area contributed by atoms with E-state index in [2.05, 4.69) is 22.0 Å². The molecule has 2 amide bonds. The van der Waals surface area contributed by atoms with E-state index in [-0.39, 0.29) is 23.8 Å². The summed E-state index contributed by atoms with van der Waals surface area (Å²) in [4.78, 5) is 26.7. The Morgan fingerprint density at radius 2 is 2.03 bits per heavy atom. The average molecular weight is 471 g/mol. The van der Waals surface area contributed by atoms with Crippen LogP contribution in [0, 0.1) is 11.3 Å². The van der Waals surface area contributed by atoms with Gasteiger partial charge in [0.1, 0.15) is 12.4 Å². The number of nitriles is 1. The Bertz CT molecular complexity index is 1030. The van der Waals surface area contributed by atoms with Crippen LogP contribution in [0.15, 0.2) is 51.8 Å². The van der Waals surface area contributed by atoms with Crippen LogP contribution in [-0.2, 0) is 11.4 Å². The van der Waals surface area contributed by atoms with E-state index >= 15 is 0 Å². The van der Waals surface area contributed by atoms with Crippen molar-refractivity contribution in [3.8, 4) is 11.8 Å². The van der Waals surface area contributed by atoms with Crippen molar-refractivity contribution in [2.45, 2.75) is 32.9 Å². The molecule has 1 fully saturated rings. The minimum Gasteiger partial charge on any atom is -0.488 e. The number of carbonyl (C=O) groups excluding carboxylic acids is 2. The molecule has 0 spiro atoms. The van der Waals surface area contributed by atoms with Crippen molar-refractivity contribution in [3.63, 3.8) is 0 Å². The number of hydrogen-bond donors (Lipinski definition) is 0. The van der Waals surface area contributed by atoms with E-state index in [0.29, 0.717) is 28.2 Å². The molecule has 148 valence electrons. The predicted octanol–water partition coefficient (Wildman–Crippen LogP) is 5.73. The van der Waals surface area contributed by atoms with E-state index in [1.165, 1.54) is 4.90 Å². The third-order valence-corrected chi connectivity index (χ3v) is 6.01. The molecule has 0 radical (unpaired) electrons. The molecule has 5 nitrogen and oxygen atoms in total. The Morgan fingerprint density at radius 1 is 1.28 bits per heavy atom. The number of imide groups is 1. The number of thioether (sulfide) groups is 1. The van der Waals surface area contributed by atoms with Gasteiger partial charge >= 0.3 is 0 Å². The minimum absolute atomic E-state index is 0.144. The van der Waals surface area contributed by atoms with Gasteiger partial charge in [0, 0.05) is 21.6 Å². The third-order valence-electron chi connectivity index (χ3n) is 4.63. The van der Waals surface area contributed by atoms with Crippen LogP contribution in [-0.4, -0.2) is 22.1 Å². The predicted molar refractivity (Wildman–Crippen MR) is 117 cm³/mol. The molecule has 29 heavy (non-hydrogen) atoms. The lowest BCUT2D eigenvalue weighted by Crippen LogP contribution is -2.36. The largest absolute Gasteiger partial charge is 0.488 e. The molecule has 2 aromatic carbocycles. The van der Waals surface area contributed by atoms with Crippen LogP contribution in [0.1, 0.15) is 37.0 Å². The molecule has 0 unspecified atom stereocenters. The van der Waals surface area contributed by atoms with E-state index in [1.54, 1.807) is 24.3 Å². The Balaban J connectivity index is 1.88. The fraction of sp³-hybridized carbons (Fsp3) is 0.227. The lowest BCUT2D eigenvalue weighted by molar-refractivity contribution is -0.124. The van der Waals surface area contributed by atoms with Crippen LogP contribution in [0.4, 0.5) is 4.79 Å². The summed E-state index contributed by atoms with van der Waals surface area (Å²) >= 11 is 4.38. The van der Waals surface area contributed by atoms with Crippen molar-refractivity contribution in [1.29, 1.82) is 5.26 Å². The highest BCUT2D eigenvalue weighted by atomic mass is 79.9. The van der Waals surface area contributed by atoms with E-state index < -0.39 is 0 Å². The van der Waals surface area contributed by atoms with Gasteiger partial charge in [0.2, 0.25) is 0 Å². The zero-order valence-electron chi connectivity index (χ0n) is 16.0. The fourth-order valence-corrected chi connectivity index (χ4v) is 4.16. The van der Waals surface area contributed by atoms with Crippen LogP contribution in [0.25, 0.3) is 6.08 Å². The first-order chi connectivity index (χ1) is 13.9. The van der Waals surface area contributed by atoms with Gasteiger partial charge in [0.05, 0.1) is 16.5 Å². The molecule has 7 heteroatoms. The second-order valence-corrected chi connectivity index (χ2v) is 8.46. The first kappa shape index (κ1) is 21.2. The number of hydrogen-bond acceptors (Lipinski definition) is 5. The van der Waals surface area contributed by atoms with Crippen molar-refractivity contribution in [2.24, 2.45) is 0 Å². The van der Waals surface area contributed by atoms with E-state index in [0.717, 1.165) is 21.8 Å². The number of nitrogens with zero attached hydrogens (tertiary/aromatic N) is 2. The summed E-state index contributed by atoms with van der Waals surface area (Å²) in [5.74, 6) is 0.284. The smallest absolute Gasteiger partial charge is 0.293 e. The van der Waals surface area contributed by atoms with Crippen LogP contribution in [0.2, 0.25) is 0 Å². The summed E-state index contributed by atoms with van der Waals surface area (Å²) in [6.07, 6.45) is 2.39. The highest BCUT2D eigenvalue weighted by Crippen LogP contribution is 2.36. The van der Waals surface area contributed by atoms with Crippen LogP contribution < -0.4 is 4.74 Å². The summed E-state index contributed by atoms with van der Waals surface area (Å²) in [5.41, 5.74) is 2.02. The molecule has 1 aliphatic rings. The monoisotopic (exact) mass is 470 g/mol. The van der Waals surface area contributed by atoms with Gasteiger partial charge in [-0.25, -0.2) is 0 Å². The molecular formula is C22H19BrN2O3S. The van der Waals surface area contributed by atoms with Gasteiger partial charge in [-0.2, -0.15) is 5.26 Å². The van der Waals surface area contributed by atoms with E-state index in [9.17, 15) is 14.9 Å². The molecule has 0 N–H and O–H groups in total. The Hall–Kier alpha value is -2.56. The Labute approximate surface area is 182 Å². The maximum Gasteiger partial charge on any atom is 0.293 e. The summed E-state index contributed by atoms with van der Waals surface area (Å²) in [7, 11) is 0. The van der Waals surface area contributed by atoms with Gasteiger partial charge < -0.3 is 4.74 Å². The fourth-order valence-electron chi connectivity index (χ4n) is 2.86. The van der Waals surface area contributed by atoms with E-state index in [1.807, 2.05) is 38.1 Å². The van der Waals surface area contributed by atoms with Crippen LogP contribution in [0.5, 0.6) is 5.75 Å². The first-order valence-electron chi connectivity index (χ1n) is 9.12. The highest BCUT2D eigenvalue weighted by molar-refractivity contribution is 9.10. The normalized spacial score (nSPS) is 16.2. The standard InChI is InChI=1S/C22H19BrN2O3S/c1-3-14(2)25-21(26)20(29-22(25)27)11-17-10-18(23)8-9-19(17)28-13-16-7-5-4-6-15(16)12-24/h4-11,14H,3,13H2,1-2H3/b20-11+/t14-/m1/s1. The second kappa shape index (κ2) is 9.29. The van der Waals surface area contributed by atoms with Crippen LogP contribution >= 0.6 is 27.7 Å². The molecule has 1 atom stereocenters. The van der Waals surface area contributed by atoms with Crippen molar-refractivity contribution in [3.05, 3.63) is 68.5 Å². The quantitative estimate of drug-likeness (QED) is 0.503. The lowest BCUT2D eigenvalue weighted by atomic mass is 10.1. The van der Waals surface area contributed by atoms with Gasteiger partial charge in [0.15, 0.2) is 0 Å². The maximum absolute atomic E-state index is 12.7. The number of amides is 2. The number of ether oxygens (including phenoxy) is 1. The molecule has 0 saturated carbocycles. The molecule has 0 aliphatic carbocycles. The van der Waals surface area contributed by atoms with Gasteiger partial charge in [-0.05, 0) is 55.4 Å². The zero-order chi connectivity index (χ0) is 21.0. The van der Waals surface area contributed by atoms with Crippen molar-refractivity contribution in [1.82, 2.24) is 4.90 Å². The van der Waals surface area contributed by atoms with Gasteiger partial charge in [-0.3, -0.25) is 14.5 Å². The van der Waals surface area contributed by atoms with Gasteiger partial charge in [0.25, 0.3) is 11.1 Å². The summed E-state index contributed by atoms with van der Waals surface area (Å²) in [5, 5.41) is 8.99. The molecule has 0 bridgehead atoms. The Morgan fingerprint density at radius 3 is 2.76 bits per heavy atom. The zero-order valence-corrected chi connectivity index (χ0v) is 18.4. The number of rotatable bonds is 6. The average Bonchev–Trinajstić information content (AvgIpc) is 3.00. The number of carbonyl (C=O) groups is 2. The molecule has 3 rings (SSSR count). The summed E-state index contributed by atoms with van der Waals surface area (Å²) < 4.78 is 6.78. The van der Waals surface area contributed by atoms with E-state index in [4.69, 9.17) is 4.74 Å². The second-order valence-electron chi connectivity index (χ2n) is 6.55. The number of benzene rings is 2. The molecule has 1 aliphatic heterocycles. The first-order valence-corrected chi connectivity index (χ1v) is 10.7. The number of halogens is 1. The maximum atomic E-state index is 12.7. The third kappa shape index (κ3) is 4.72. The van der Waals surface area contributed by atoms with Crippen molar-refractivity contribution < 1.29 is 14.3 Å². The lowest BCUT2D eigenvalue weighted by Gasteiger charge is -2.19. The summed E-state index contributed by atoms with van der Waals surface area (Å²) in [6, 6.07) is 14.7. The van der Waals surface area contributed by atoms with Gasteiger partial charge in [-0.1, -0.05) is 41.1 Å². The molecule has 0 aromatic heterocycles. The Kier molecular flexibility index (Phi) is 6.78. The minimum atomic E-state index is -0.282. The SMILES string of the molecule is CC[C@@H](C)N1C(=O)S/C(=C/c2cc(Br)ccc2OCc2ccccc2C#N)C1=O. The molecule has 2 aromatic rings. The molecule has 1 heterocycles. The van der Waals surface area contributed by atoms with Crippen LogP contribution in [0.3, 0.4) is 0 Å². The van der Waals surface area contributed by atoms with Crippen molar-refractivity contribution >= 4 is 44.9 Å². The van der Waals surface area contributed by atoms with Gasteiger partial charge in [-0.15, -0.1) is 0 Å². The van der Waals surface area contributed by atoms with Crippen molar-refractivity contribution in [2.75, 3.05) is 0 Å². The molecule has 1 saturated heterocycles. The molecular weight excluding hydrogens is 452 g/mol. The highest BCUT2D eigenvalue weighted by Gasteiger charge is 2.37.